The zero-order valence-electron chi connectivity index (χ0n) is 5.16. The summed E-state index contributed by atoms with van der Waals surface area (Å²) in [4.78, 5) is 0. The fraction of sp³-hybridized carbons (Fsp3) is 0.667. The van der Waals surface area contributed by atoms with Crippen LogP contribution in [0.25, 0.3) is 0 Å². The van der Waals surface area contributed by atoms with E-state index in [1.54, 1.807) is 0 Å². The summed E-state index contributed by atoms with van der Waals surface area (Å²) in [7, 11) is 0. The van der Waals surface area contributed by atoms with Gasteiger partial charge in [-0.05, 0) is 6.42 Å². The van der Waals surface area contributed by atoms with Crippen LogP contribution in [0.1, 0.15) is 6.42 Å². The van der Waals surface area contributed by atoms with Crippen LogP contribution in [-0.4, -0.2) is 17.8 Å². The van der Waals surface area contributed by atoms with Crippen LogP contribution in [-0.2, 0) is 0 Å². The molecule has 0 spiro atoms. The molecule has 1 unspecified atom stereocenters. The molecule has 1 rings (SSSR count). The Morgan fingerprint density at radius 1 is 1.56 bits per heavy atom. The number of hydrogen-bond donors (Lipinski definition) is 2. The molecule has 0 aliphatic heterocycles. The molecule has 0 bridgehead atoms. The molecule has 1 aliphatic rings. The lowest BCUT2D eigenvalue weighted by Gasteiger charge is -2.02. The van der Waals surface area contributed by atoms with Crippen LogP contribution in [0.3, 0.4) is 0 Å². The van der Waals surface area contributed by atoms with E-state index < -0.39 is 0 Å². The van der Waals surface area contributed by atoms with Crippen molar-refractivity contribution in [3.8, 4) is 0 Å². The first-order valence-corrected chi connectivity index (χ1v) is 2.87. The number of halogens is 1. The van der Waals surface area contributed by atoms with Gasteiger partial charge in [-0.2, -0.15) is 0 Å². The normalized spacial score (nSPS) is 32.2. The lowest BCUT2D eigenvalue weighted by Crippen LogP contribution is -2.15. The first-order chi connectivity index (χ1) is 3.83. The second-order valence-electron chi connectivity index (χ2n) is 2.23. The van der Waals surface area contributed by atoms with E-state index in [4.69, 9.17) is 10.8 Å². The highest BCUT2D eigenvalue weighted by molar-refractivity contribution is 5.85. The van der Waals surface area contributed by atoms with Crippen molar-refractivity contribution in [2.24, 2.45) is 11.7 Å². The minimum absolute atomic E-state index is 0. The average molecular weight is 150 g/mol. The van der Waals surface area contributed by atoms with Gasteiger partial charge in [-0.1, -0.05) is 12.2 Å². The molecule has 0 aromatic heterocycles. The van der Waals surface area contributed by atoms with Crippen molar-refractivity contribution < 1.29 is 5.11 Å². The highest BCUT2D eigenvalue weighted by Gasteiger charge is 2.13. The Hall–Kier alpha value is -0.0500. The van der Waals surface area contributed by atoms with Crippen molar-refractivity contribution in [3.05, 3.63) is 12.2 Å². The minimum Gasteiger partial charge on any atom is -0.396 e. The zero-order chi connectivity index (χ0) is 5.98. The molecule has 54 valence electrons. The summed E-state index contributed by atoms with van der Waals surface area (Å²) in [5.41, 5.74) is 5.50. The maximum absolute atomic E-state index is 8.58. The van der Waals surface area contributed by atoms with Gasteiger partial charge in [-0.15, -0.1) is 12.4 Å². The fourth-order valence-corrected chi connectivity index (χ4v) is 0.942. The monoisotopic (exact) mass is 149 g/mol. The maximum atomic E-state index is 8.58. The first kappa shape index (κ1) is 8.95. The standard InChI is InChI=1S/C6H11NO.ClH/c7-6-2-1-5(3-6)4-8;/h1-2,5-6,8H,3-4,7H2;1H/t5-,6?;/m0./s1. The van der Waals surface area contributed by atoms with Crippen molar-refractivity contribution in [3.63, 3.8) is 0 Å². The first-order valence-electron chi connectivity index (χ1n) is 2.87. The van der Waals surface area contributed by atoms with Crippen molar-refractivity contribution in [2.75, 3.05) is 6.61 Å². The summed E-state index contributed by atoms with van der Waals surface area (Å²) >= 11 is 0. The molecular weight excluding hydrogens is 138 g/mol. The third-order valence-electron chi connectivity index (χ3n) is 1.44. The molecule has 0 aromatic rings. The quantitative estimate of drug-likeness (QED) is 0.527. The zero-order valence-corrected chi connectivity index (χ0v) is 5.97. The van der Waals surface area contributed by atoms with Crippen LogP contribution >= 0.6 is 12.4 Å². The van der Waals surface area contributed by atoms with Crippen molar-refractivity contribution in [1.82, 2.24) is 0 Å². The van der Waals surface area contributed by atoms with Crippen molar-refractivity contribution in [2.45, 2.75) is 12.5 Å². The van der Waals surface area contributed by atoms with Crippen LogP contribution in [0, 0.1) is 5.92 Å². The average Bonchev–Trinajstić information content (AvgIpc) is 2.14. The van der Waals surface area contributed by atoms with E-state index in [1.165, 1.54) is 0 Å². The van der Waals surface area contributed by atoms with E-state index in [1.807, 2.05) is 12.2 Å². The van der Waals surface area contributed by atoms with E-state index in [-0.39, 0.29) is 25.1 Å². The van der Waals surface area contributed by atoms with E-state index in [2.05, 4.69) is 0 Å². The van der Waals surface area contributed by atoms with Crippen LogP contribution in [0.15, 0.2) is 12.2 Å². The van der Waals surface area contributed by atoms with E-state index >= 15 is 0 Å². The number of aliphatic hydroxyl groups excluding tert-OH is 1. The Morgan fingerprint density at radius 3 is 2.44 bits per heavy atom. The Bertz CT molecular complexity index is 105. The summed E-state index contributed by atoms with van der Waals surface area (Å²) < 4.78 is 0. The molecule has 0 radical (unpaired) electrons. The van der Waals surface area contributed by atoms with Gasteiger partial charge >= 0.3 is 0 Å². The Balaban J connectivity index is 0.000000640. The molecule has 3 heteroatoms. The summed E-state index contributed by atoms with van der Waals surface area (Å²) in [5, 5.41) is 8.58. The molecule has 2 nitrogen and oxygen atoms in total. The highest BCUT2D eigenvalue weighted by Crippen LogP contribution is 2.14. The van der Waals surface area contributed by atoms with Gasteiger partial charge in [0.25, 0.3) is 0 Å². The third kappa shape index (κ3) is 2.35. The Kier molecular flexibility index (Phi) is 3.86. The lowest BCUT2D eigenvalue weighted by molar-refractivity contribution is 0.249. The molecule has 0 saturated heterocycles. The second-order valence-corrected chi connectivity index (χ2v) is 2.23. The maximum Gasteiger partial charge on any atom is 0.0494 e. The molecule has 3 N–H and O–H groups in total. The summed E-state index contributed by atoms with van der Waals surface area (Å²) in [6.07, 6.45) is 4.84. The summed E-state index contributed by atoms with van der Waals surface area (Å²) in [6, 6.07) is 0.187. The summed E-state index contributed by atoms with van der Waals surface area (Å²) in [6.45, 7) is 0.240. The SMILES string of the molecule is Cl.NC1C=C[C@H](CO)C1. The molecular formula is C6H12ClNO. The Labute approximate surface area is 61.2 Å². The number of aliphatic hydroxyl groups is 1. The molecule has 0 amide bonds. The molecule has 0 heterocycles. The molecule has 2 atom stereocenters. The van der Waals surface area contributed by atoms with Gasteiger partial charge in [0.2, 0.25) is 0 Å². The Morgan fingerprint density at radius 2 is 2.22 bits per heavy atom. The molecule has 0 saturated carbocycles. The topological polar surface area (TPSA) is 46.2 Å². The highest BCUT2D eigenvalue weighted by atomic mass is 35.5. The predicted octanol–water partition coefficient (Wildman–Crippen LogP) is 0.304. The van der Waals surface area contributed by atoms with Gasteiger partial charge in [-0.25, -0.2) is 0 Å². The van der Waals surface area contributed by atoms with Crippen LogP contribution in [0.2, 0.25) is 0 Å². The van der Waals surface area contributed by atoms with Crippen molar-refractivity contribution >= 4 is 12.4 Å². The van der Waals surface area contributed by atoms with E-state index in [0.717, 1.165) is 6.42 Å². The molecule has 9 heavy (non-hydrogen) atoms. The fourth-order valence-electron chi connectivity index (χ4n) is 0.942. The third-order valence-corrected chi connectivity index (χ3v) is 1.44. The van der Waals surface area contributed by atoms with Gasteiger partial charge in [0.1, 0.15) is 0 Å². The number of rotatable bonds is 1. The largest absolute Gasteiger partial charge is 0.396 e. The van der Waals surface area contributed by atoms with Gasteiger partial charge < -0.3 is 10.8 Å². The molecule has 1 aliphatic carbocycles. The van der Waals surface area contributed by atoms with E-state index in [9.17, 15) is 0 Å². The van der Waals surface area contributed by atoms with Gasteiger partial charge in [0, 0.05) is 18.6 Å². The lowest BCUT2D eigenvalue weighted by atomic mass is 10.1. The number of nitrogens with two attached hydrogens (primary N) is 1. The van der Waals surface area contributed by atoms with Crippen LogP contribution in [0.4, 0.5) is 0 Å². The van der Waals surface area contributed by atoms with E-state index in [0.29, 0.717) is 5.92 Å². The van der Waals surface area contributed by atoms with Crippen LogP contribution < -0.4 is 5.73 Å². The van der Waals surface area contributed by atoms with Crippen molar-refractivity contribution in [1.29, 1.82) is 0 Å². The summed E-state index contributed by atoms with van der Waals surface area (Å²) in [5.74, 6) is 0.324. The van der Waals surface area contributed by atoms with Gasteiger partial charge in [0.15, 0.2) is 0 Å². The smallest absolute Gasteiger partial charge is 0.0494 e. The predicted molar refractivity (Wildman–Crippen MR) is 39.6 cm³/mol. The second kappa shape index (κ2) is 3.88. The van der Waals surface area contributed by atoms with Crippen LogP contribution in [0.5, 0.6) is 0 Å². The van der Waals surface area contributed by atoms with Gasteiger partial charge in [-0.3, -0.25) is 0 Å². The van der Waals surface area contributed by atoms with Gasteiger partial charge in [0.05, 0.1) is 0 Å². The molecule has 0 fully saturated rings. The molecule has 0 aromatic carbocycles. The number of hydrogen-bond acceptors (Lipinski definition) is 2. The minimum atomic E-state index is 0.